The molecular weight excluding hydrogens is 214 g/mol. The van der Waals surface area contributed by atoms with Crippen LogP contribution in [0.25, 0.3) is 11.0 Å². The van der Waals surface area contributed by atoms with Gasteiger partial charge in [-0.25, -0.2) is 4.98 Å². The summed E-state index contributed by atoms with van der Waals surface area (Å²) in [7, 11) is 3.63. The summed E-state index contributed by atoms with van der Waals surface area (Å²) in [4.78, 5) is 8.98. The van der Waals surface area contributed by atoms with E-state index in [0.29, 0.717) is 6.61 Å². The highest BCUT2D eigenvalue weighted by Crippen LogP contribution is 2.09. The molecule has 1 atom stereocenters. The minimum atomic E-state index is 0.274. The van der Waals surface area contributed by atoms with Crippen molar-refractivity contribution in [1.29, 1.82) is 0 Å². The number of hydrogen-bond donors (Lipinski definition) is 1. The van der Waals surface area contributed by atoms with Gasteiger partial charge in [-0.15, -0.1) is 0 Å². The second-order valence-corrected chi connectivity index (χ2v) is 4.00. The highest BCUT2D eigenvalue weighted by molar-refractivity contribution is 5.73. The minimum Gasteiger partial charge on any atom is -0.383 e. The molecule has 0 radical (unpaired) electrons. The maximum atomic E-state index is 5.14. The molecule has 4 nitrogen and oxygen atoms in total. The first-order chi connectivity index (χ1) is 8.33. The van der Waals surface area contributed by atoms with Gasteiger partial charge in [0.15, 0.2) is 0 Å². The van der Waals surface area contributed by atoms with Gasteiger partial charge in [0.1, 0.15) is 0 Å². The van der Waals surface area contributed by atoms with Crippen LogP contribution in [0.3, 0.4) is 0 Å². The molecule has 4 heteroatoms. The highest BCUT2D eigenvalue weighted by atomic mass is 16.5. The van der Waals surface area contributed by atoms with E-state index >= 15 is 0 Å². The molecule has 0 aliphatic carbocycles. The number of fused-ring (bicyclic) bond motifs is 1. The molecule has 1 unspecified atom stereocenters. The topological polar surface area (TPSA) is 47.0 Å². The Morgan fingerprint density at radius 3 is 2.76 bits per heavy atom. The van der Waals surface area contributed by atoms with E-state index in [1.807, 2.05) is 37.5 Å². The fourth-order valence-electron chi connectivity index (χ4n) is 1.79. The van der Waals surface area contributed by atoms with Crippen LogP contribution in [-0.4, -0.2) is 36.8 Å². The zero-order valence-electron chi connectivity index (χ0n) is 10.2. The Bertz CT molecular complexity index is 487. The number of benzene rings is 1. The van der Waals surface area contributed by atoms with Crippen molar-refractivity contribution < 1.29 is 4.74 Å². The van der Waals surface area contributed by atoms with Crippen molar-refractivity contribution >= 4 is 11.0 Å². The summed E-state index contributed by atoms with van der Waals surface area (Å²) in [6.45, 7) is 0.672. The molecule has 0 bridgehead atoms. The Morgan fingerprint density at radius 2 is 2.06 bits per heavy atom. The largest absolute Gasteiger partial charge is 0.383 e. The van der Waals surface area contributed by atoms with E-state index in [4.69, 9.17) is 4.74 Å². The van der Waals surface area contributed by atoms with Gasteiger partial charge >= 0.3 is 0 Å². The summed E-state index contributed by atoms with van der Waals surface area (Å²) in [5, 5.41) is 3.21. The van der Waals surface area contributed by atoms with E-state index in [1.165, 1.54) is 0 Å². The molecule has 0 saturated carbocycles. The van der Waals surface area contributed by atoms with Gasteiger partial charge in [-0.1, -0.05) is 12.1 Å². The Balaban J connectivity index is 2.18. The van der Waals surface area contributed by atoms with Gasteiger partial charge in [-0.3, -0.25) is 4.98 Å². The number of methoxy groups -OCH3 is 1. The first kappa shape index (κ1) is 12.0. The third-order valence-corrected chi connectivity index (χ3v) is 2.73. The van der Waals surface area contributed by atoms with Crippen molar-refractivity contribution in [3.05, 3.63) is 36.2 Å². The predicted octanol–water partition coefficient (Wildman–Crippen LogP) is 1.41. The van der Waals surface area contributed by atoms with Gasteiger partial charge in [0.25, 0.3) is 0 Å². The van der Waals surface area contributed by atoms with Crippen molar-refractivity contribution in [2.24, 2.45) is 0 Å². The van der Waals surface area contributed by atoms with Gasteiger partial charge in [0, 0.05) is 25.8 Å². The summed E-state index contributed by atoms with van der Waals surface area (Å²) < 4.78 is 5.14. The summed E-state index contributed by atoms with van der Waals surface area (Å²) in [6, 6.07) is 8.17. The van der Waals surface area contributed by atoms with Gasteiger partial charge in [0.05, 0.1) is 23.3 Å². The van der Waals surface area contributed by atoms with Crippen molar-refractivity contribution in [3.8, 4) is 0 Å². The number of ether oxygens (including phenoxy) is 1. The average Bonchev–Trinajstić information content (AvgIpc) is 2.38. The third-order valence-electron chi connectivity index (χ3n) is 2.73. The van der Waals surface area contributed by atoms with E-state index in [0.717, 1.165) is 23.1 Å². The molecule has 1 aromatic heterocycles. The van der Waals surface area contributed by atoms with E-state index in [1.54, 1.807) is 7.11 Å². The fraction of sp³-hybridized carbons (Fsp3) is 0.385. The predicted molar refractivity (Wildman–Crippen MR) is 68.0 cm³/mol. The number of para-hydroxylation sites is 2. The van der Waals surface area contributed by atoms with Crippen molar-refractivity contribution in [1.82, 2.24) is 15.3 Å². The Labute approximate surface area is 101 Å². The number of nitrogens with one attached hydrogen (secondary N) is 1. The standard InChI is InChI=1S/C13H17N3O/c1-14-11(9-17-2)7-10-8-15-12-5-3-4-6-13(12)16-10/h3-6,8,11,14H,7,9H2,1-2H3. The first-order valence-electron chi connectivity index (χ1n) is 5.70. The third kappa shape index (κ3) is 2.99. The highest BCUT2D eigenvalue weighted by Gasteiger charge is 2.08. The molecule has 2 rings (SSSR count). The number of aromatic nitrogens is 2. The maximum Gasteiger partial charge on any atom is 0.0890 e. The first-order valence-corrected chi connectivity index (χ1v) is 5.70. The number of likely N-dealkylation sites (N-methyl/N-ethyl adjacent to an activating group) is 1. The van der Waals surface area contributed by atoms with Crippen LogP contribution in [0, 0.1) is 0 Å². The van der Waals surface area contributed by atoms with E-state index in [9.17, 15) is 0 Å². The molecular formula is C13H17N3O. The van der Waals surface area contributed by atoms with Crippen LogP contribution in [0.5, 0.6) is 0 Å². The summed E-state index contributed by atoms with van der Waals surface area (Å²) in [5.74, 6) is 0. The van der Waals surface area contributed by atoms with Gasteiger partial charge in [0.2, 0.25) is 0 Å². The molecule has 0 amide bonds. The molecule has 1 N–H and O–H groups in total. The monoisotopic (exact) mass is 231 g/mol. The zero-order chi connectivity index (χ0) is 12.1. The molecule has 1 heterocycles. The molecule has 0 aliphatic rings. The van der Waals surface area contributed by atoms with E-state index in [2.05, 4.69) is 15.3 Å². The van der Waals surface area contributed by atoms with Gasteiger partial charge in [-0.2, -0.15) is 0 Å². The normalized spacial score (nSPS) is 12.8. The second kappa shape index (κ2) is 5.70. The van der Waals surface area contributed by atoms with Crippen LogP contribution < -0.4 is 5.32 Å². The van der Waals surface area contributed by atoms with Gasteiger partial charge in [-0.05, 0) is 19.2 Å². The fourth-order valence-corrected chi connectivity index (χ4v) is 1.79. The lowest BCUT2D eigenvalue weighted by Crippen LogP contribution is -2.32. The molecule has 90 valence electrons. The van der Waals surface area contributed by atoms with Crippen molar-refractivity contribution in [2.45, 2.75) is 12.5 Å². The van der Waals surface area contributed by atoms with Crippen LogP contribution >= 0.6 is 0 Å². The van der Waals surface area contributed by atoms with Crippen LogP contribution in [-0.2, 0) is 11.2 Å². The molecule has 0 spiro atoms. The lowest BCUT2D eigenvalue weighted by molar-refractivity contribution is 0.169. The SMILES string of the molecule is CNC(COC)Cc1cnc2ccccc2n1. The Morgan fingerprint density at radius 1 is 1.29 bits per heavy atom. The lowest BCUT2D eigenvalue weighted by Gasteiger charge is -2.14. The molecule has 2 aromatic rings. The molecule has 0 aliphatic heterocycles. The molecule has 0 fully saturated rings. The molecule has 0 saturated heterocycles. The second-order valence-electron chi connectivity index (χ2n) is 4.00. The van der Waals surface area contributed by atoms with Crippen LogP contribution in [0.1, 0.15) is 5.69 Å². The molecule has 17 heavy (non-hydrogen) atoms. The summed E-state index contributed by atoms with van der Waals surface area (Å²) >= 11 is 0. The van der Waals surface area contributed by atoms with Crippen LogP contribution in [0.4, 0.5) is 0 Å². The van der Waals surface area contributed by atoms with Crippen molar-refractivity contribution in [2.75, 3.05) is 20.8 Å². The minimum absolute atomic E-state index is 0.274. The summed E-state index contributed by atoms with van der Waals surface area (Å²) in [6.07, 6.45) is 2.66. The van der Waals surface area contributed by atoms with Gasteiger partial charge < -0.3 is 10.1 Å². The van der Waals surface area contributed by atoms with Crippen LogP contribution in [0.2, 0.25) is 0 Å². The van der Waals surface area contributed by atoms with Crippen molar-refractivity contribution in [3.63, 3.8) is 0 Å². The maximum absolute atomic E-state index is 5.14. The zero-order valence-corrected chi connectivity index (χ0v) is 10.2. The Kier molecular flexibility index (Phi) is 4.01. The Hall–Kier alpha value is -1.52. The lowest BCUT2D eigenvalue weighted by atomic mass is 10.1. The van der Waals surface area contributed by atoms with E-state index in [-0.39, 0.29) is 6.04 Å². The number of rotatable bonds is 5. The quantitative estimate of drug-likeness (QED) is 0.845. The summed E-state index contributed by atoms with van der Waals surface area (Å²) in [5.41, 5.74) is 2.86. The average molecular weight is 231 g/mol. The number of hydrogen-bond acceptors (Lipinski definition) is 4. The van der Waals surface area contributed by atoms with Crippen LogP contribution in [0.15, 0.2) is 30.5 Å². The smallest absolute Gasteiger partial charge is 0.0890 e. The van der Waals surface area contributed by atoms with E-state index < -0.39 is 0 Å². The molecule has 1 aromatic carbocycles. The number of nitrogens with zero attached hydrogens (tertiary/aromatic N) is 2.